The summed E-state index contributed by atoms with van der Waals surface area (Å²) in [6.45, 7) is 0. The Bertz CT molecular complexity index is 735. The maximum absolute atomic E-state index is 12.7. The molecule has 1 atom stereocenters. The summed E-state index contributed by atoms with van der Waals surface area (Å²) in [6, 6.07) is 5.36. The number of hydrogen-bond acceptors (Lipinski definition) is 4. The fourth-order valence-electron chi connectivity index (χ4n) is 3.43. The molecule has 0 spiro atoms. The molecule has 6 nitrogen and oxygen atoms in total. The number of imidazole rings is 1. The minimum atomic E-state index is -0.326. The first-order chi connectivity index (χ1) is 12.1. The number of methoxy groups -OCH3 is 2. The fraction of sp³-hybridized carbons (Fsp3) is 0.474. The summed E-state index contributed by atoms with van der Waals surface area (Å²) >= 11 is 0. The van der Waals surface area contributed by atoms with Crippen LogP contribution in [0.2, 0.25) is 0 Å². The van der Waals surface area contributed by atoms with Crippen molar-refractivity contribution in [2.45, 2.75) is 31.7 Å². The van der Waals surface area contributed by atoms with E-state index in [1.807, 2.05) is 36.0 Å². The zero-order valence-corrected chi connectivity index (χ0v) is 15.0. The van der Waals surface area contributed by atoms with Gasteiger partial charge in [0.15, 0.2) is 11.5 Å². The number of nitrogens with zero attached hydrogens (tertiary/aromatic N) is 2. The maximum atomic E-state index is 12.7. The van der Waals surface area contributed by atoms with Gasteiger partial charge in [-0.2, -0.15) is 0 Å². The lowest BCUT2D eigenvalue weighted by Gasteiger charge is -2.22. The first-order valence-electron chi connectivity index (χ1n) is 8.63. The van der Waals surface area contributed by atoms with E-state index in [0.29, 0.717) is 11.5 Å². The van der Waals surface area contributed by atoms with E-state index in [2.05, 4.69) is 10.3 Å². The standard InChI is InChI=1S/C19H25N3O3/c1-22-11-10-20-18(22)17(21-19(23)13-6-4-5-7-13)14-8-9-15(24-2)16(12-14)25-3/h8-13,17H,4-7H2,1-3H3,(H,21,23)/t17-/m1/s1. The lowest BCUT2D eigenvalue weighted by molar-refractivity contribution is -0.125. The molecule has 1 fully saturated rings. The normalized spacial score (nSPS) is 15.8. The Hall–Kier alpha value is -2.50. The van der Waals surface area contributed by atoms with Crippen LogP contribution in [0, 0.1) is 5.92 Å². The number of carbonyl (C=O) groups is 1. The van der Waals surface area contributed by atoms with Crippen LogP contribution in [-0.2, 0) is 11.8 Å². The molecule has 1 aromatic heterocycles. The molecule has 0 aliphatic heterocycles. The molecule has 3 rings (SSSR count). The Labute approximate surface area is 148 Å². The third-order valence-corrected chi connectivity index (χ3v) is 4.87. The molecule has 1 aliphatic carbocycles. The molecule has 1 saturated carbocycles. The molecular weight excluding hydrogens is 318 g/mol. The van der Waals surface area contributed by atoms with Crippen molar-refractivity contribution in [1.29, 1.82) is 0 Å². The number of nitrogens with one attached hydrogen (secondary N) is 1. The third-order valence-electron chi connectivity index (χ3n) is 4.87. The summed E-state index contributed by atoms with van der Waals surface area (Å²) in [5, 5.41) is 3.19. The second-order valence-corrected chi connectivity index (χ2v) is 6.43. The Morgan fingerprint density at radius 1 is 1.24 bits per heavy atom. The first-order valence-corrected chi connectivity index (χ1v) is 8.63. The molecule has 1 amide bonds. The van der Waals surface area contributed by atoms with Crippen LogP contribution in [0.1, 0.15) is 43.1 Å². The quantitative estimate of drug-likeness (QED) is 0.876. The highest BCUT2D eigenvalue weighted by Crippen LogP contribution is 2.33. The summed E-state index contributed by atoms with van der Waals surface area (Å²) in [5.41, 5.74) is 0.915. The van der Waals surface area contributed by atoms with Gasteiger partial charge < -0.3 is 19.4 Å². The van der Waals surface area contributed by atoms with E-state index in [4.69, 9.17) is 9.47 Å². The van der Waals surface area contributed by atoms with Crippen LogP contribution in [0.5, 0.6) is 11.5 Å². The summed E-state index contributed by atoms with van der Waals surface area (Å²) in [4.78, 5) is 17.2. The second kappa shape index (κ2) is 7.59. The maximum Gasteiger partial charge on any atom is 0.223 e. The van der Waals surface area contributed by atoms with Crippen molar-refractivity contribution in [3.05, 3.63) is 42.0 Å². The lowest BCUT2D eigenvalue weighted by atomic mass is 10.0. The number of amides is 1. The van der Waals surface area contributed by atoms with Crippen LogP contribution in [0.4, 0.5) is 0 Å². The van der Waals surface area contributed by atoms with E-state index in [-0.39, 0.29) is 17.9 Å². The molecule has 25 heavy (non-hydrogen) atoms. The van der Waals surface area contributed by atoms with Gasteiger partial charge in [-0.15, -0.1) is 0 Å². The molecule has 0 bridgehead atoms. The average Bonchev–Trinajstić information content (AvgIpc) is 3.30. The fourth-order valence-corrected chi connectivity index (χ4v) is 3.43. The molecular formula is C19H25N3O3. The summed E-state index contributed by atoms with van der Waals surface area (Å²) < 4.78 is 12.7. The Morgan fingerprint density at radius 3 is 2.56 bits per heavy atom. The van der Waals surface area contributed by atoms with E-state index in [1.54, 1.807) is 20.4 Å². The molecule has 1 aromatic carbocycles. The van der Waals surface area contributed by atoms with Gasteiger partial charge in [0.25, 0.3) is 0 Å². The van der Waals surface area contributed by atoms with Crippen molar-refractivity contribution in [1.82, 2.24) is 14.9 Å². The van der Waals surface area contributed by atoms with Gasteiger partial charge in [-0.1, -0.05) is 18.9 Å². The van der Waals surface area contributed by atoms with Crippen LogP contribution < -0.4 is 14.8 Å². The molecule has 2 aromatic rings. The number of carbonyl (C=O) groups excluding carboxylic acids is 1. The van der Waals surface area contributed by atoms with Gasteiger partial charge in [0.2, 0.25) is 5.91 Å². The SMILES string of the molecule is COc1ccc([C@@H](NC(=O)C2CCCC2)c2nccn2C)cc1OC. The molecule has 134 valence electrons. The summed E-state index contributed by atoms with van der Waals surface area (Å²) in [5.74, 6) is 2.28. The highest BCUT2D eigenvalue weighted by Gasteiger charge is 2.28. The van der Waals surface area contributed by atoms with Crippen molar-refractivity contribution in [3.8, 4) is 11.5 Å². The van der Waals surface area contributed by atoms with E-state index in [1.165, 1.54) is 0 Å². The molecule has 0 saturated heterocycles. The van der Waals surface area contributed by atoms with Crippen LogP contribution in [0.25, 0.3) is 0 Å². The van der Waals surface area contributed by atoms with Crippen molar-refractivity contribution < 1.29 is 14.3 Å². The third kappa shape index (κ3) is 3.62. The minimum absolute atomic E-state index is 0.0975. The number of rotatable bonds is 6. The molecule has 0 unspecified atom stereocenters. The first kappa shape index (κ1) is 17.3. The smallest absolute Gasteiger partial charge is 0.223 e. The molecule has 1 N–H and O–H groups in total. The number of hydrogen-bond donors (Lipinski definition) is 1. The van der Waals surface area contributed by atoms with E-state index >= 15 is 0 Å². The largest absolute Gasteiger partial charge is 0.493 e. The number of benzene rings is 1. The predicted molar refractivity (Wildman–Crippen MR) is 94.7 cm³/mol. The Morgan fingerprint density at radius 2 is 1.96 bits per heavy atom. The van der Waals surface area contributed by atoms with Crippen LogP contribution in [0.15, 0.2) is 30.6 Å². The van der Waals surface area contributed by atoms with Gasteiger partial charge in [-0.25, -0.2) is 4.98 Å². The van der Waals surface area contributed by atoms with E-state index in [9.17, 15) is 4.79 Å². The number of aryl methyl sites for hydroxylation is 1. The predicted octanol–water partition coefficient (Wildman–Crippen LogP) is 2.83. The van der Waals surface area contributed by atoms with Gasteiger partial charge in [0.05, 0.1) is 14.2 Å². The zero-order valence-electron chi connectivity index (χ0n) is 15.0. The van der Waals surface area contributed by atoms with Crippen molar-refractivity contribution >= 4 is 5.91 Å². The summed E-state index contributed by atoms with van der Waals surface area (Å²) in [6.07, 6.45) is 7.80. The van der Waals surface area contributed by atoms with Crippen molar-refractivity contribution in [2.75, 3.05) is 14.2 Å². The van der Waals surface area contributed by atoms with Gasteiger partial charge in [0.1, 0.15) is 11.9 Å². The number of aromatic nitrogens is 2. The molecule has 1 heterocycles. The minimum Gasteiger partial charge on any atom is -0.493 e. The highest BCUT2D eigenvalue weighted by molar-refractivity contribution is 5.79. The van der Waals surface area contributed by atoms with E-state index in [0.717, 1.165) is 37.1 Å². The van der Waals surface area contributed by atoms with Crippen LogP contribution in [-0.4, -0.2) is 29.7 Å². The lowest BCUT2D eigenvalue weighted by Crippen LogP contribution is -2.34. The van der Waals surface area contributed by atoms with Crippen molar-refractivity contribution in [3.63, 3.8) is 0 Å². The van der Waals surface area contributed by atoms with Gasteiger partial charge in [0, 0.05) is 25.4 Å². The molecule has 6 heteroatoms. The topological polar surface area (TPSA) is 65.4 Å². The van der Waals surface area contributed by atoms with Gasteiger partial charge >= 0.3 is 0 Å². The summed E-state index contributed by atoms with van der Waals surface area (Å²) in [7, 11) is 5.14. The highest BCUT2D eigenvalue weighted by atomic mass is 16.5. The van der Waals surface area contributed by atoms with Crippen LogP contribution in [0.3, 0.4) is 0 Å². The van der Waals surface area contributed by atoms with E-state index < -0.39 is 0 Å². The van der Waals surface area contributed by atoms with Crippen molar-refractivity contribution in [2.24, 2.45) is 13.0 Å². The number of ether oxygens (including phenoxy) is 2. The zero-order chi connectivity index (χ0) is 17.8. The van der Waals surface area contributed by atoms with Gasteiger partial charge in [-0.05, 0) is 30.5 Å². The monoisotopic (exact) mass is 343 g/mol. The van der Waals surface area contributed by atoms with Crippen LogP contribution >= 0.6 is 0 Å². The Kier molecular flexibility index (Phi) is 5.26. The second-order valence-electron chi connectivity index (χ2n) is 6.43. The molecule has 1 aliphatic rings. The molecule has 0 radical (unpaired) electrons. The average molecular weight is 343 g/mol. The van der Waals surface area contributed by atoms with Gasteiger partial charge in [-0.3, -0.25) is 4.79 Å². The Balaban J connectivity index is 1.94.